The Balaban J connectivity index is 1.78. The fourth-order valence-electron chi connectivity index (χ4n) is 2.52. The van der Waals surface area contributed by atoms with E-state index in [4.69, 9.17) is 4.74 Å². The molecule has 0 spiro atoms. The summed E-state index contributed by atoms with van der Waals surface area (Å²) >= 11 is 0. The smallest absolute Gasteiger partial charge is 0.410 e. The minimum atomic E-state index is -0.605. The lowest BCUT2D eigenvalue weighted by molar-refractivity contribution is -0.0589. The molecule has 1 aromatic rings. The van der Waals surface area contributed by atoms with Crippen molar-refractivity contribution in [3.05, 3.63) is 35.9 Å². The maximum atomic E-state index is 12.1. The molecule has 1 fully saturated rings. The summed E-state index contributed by atoms with van der Waals surface area (Å²) in [4.78, 5) is 15.7. The second-order valence-corrected chi connectivity index (χ2v) is 5.98. The molecule has 1 aliphatic rings. The highest BCUT2D eigenvalue weighted by molar-refractivity contribution is 5.67. The van der Waals surface area contributed by atoms with E-state index in [-0.39, 0.29) is 12.7 Å². The van der Waals surface area contributed by atoms with Crippen LogP contribution in [-0.2, 0) is 11.3 Å². The Bertz CT molecular complexity index is 466. The summed E-state index contributed by atoms with van der Waals surface area (Å²) in [6.45, 7) is 7.05. The van der Waals surface area contributed by atoms with Gasteiger partial charge < -0.3 is 14.7 Å². The first-order valence-electron chi connectivity index (χ1n) is 7.98. The molecular formula is C17H26N2O3. The lowest BCUT2D eigenvalue weighted by atomic mass is 10.1. The number of rotatable bonds is 5. The van der Waals surface area contributed by atoms with Crippen LogP contribution in [0.3, 0.4) is 0 Å². The molecule has 1 aliphatic heterocycles. The predicted octanol–water partition coefficient (Wildman–Crippen LogP) is 2.31. The molecule has 0 saturated carbocycles. The van der Waals surface area contributed by atoms with E-state index >= 15 is 0 Å². The maximum Gasteiger partial charge on any atom is 0.410 e. The number of ether oxygens (including phenoxy) is 1. The van der Waals surface area contributed by atoms with Crippen LogP contribution in [0.25, 0.3) is 0 Å². The molecule has 0 aliphatic carbocycles. The number of carbonyl (C=O) groups is 1. The standard InChI is InChI=1S/C17H26N2O3/c1-3-14(2)11-18-9-10-19(12-16(18)20)17(21)22-13-15-7-5-4-6-8-15/h4-8,14,16,20H,3,9-13H2,1-2H3. The van der Waals surface area contributed by atoms with Gasteiger partial charge in [0.15, 0.2) is 0 Å². The van der Waals surface area contributed by atoms with Crippen molar-refractivity contribution >= 4 is 6.09 Å². The number of benzene rings is 1. The summed E-state index contributed by atoms with van der Waals surface area (Å²) in [5, 5.41) is 10.2. The van der Waals surface area contributed by atoms with Gasteiger partial charge in [0.1, 0.15) is 12.8 Å². The van der Waals surface area contributed by atoms with Gasteiger partial charge in [-0.15, -0.1) is 0 Å². The van der Waals surface area contributed by atoms with Crippen molar-refractivity contribution in [2.24, 2.45) is 5.92 Å². The Morgan fingerprint density at radius 1 is 1.36 bits per heavy atom. The van der Waals surface area contributed by atoms with E-state index in [1.54, 1.807) is 4.90 Å². The zero-order chi connectivity index (χ0) is 15.9. The van der Waals surface area contributed by atoms with Crippen LogP contribution in [-0.4, -0.2) is 53.4 Å². The quantitative estimate of drug-likeness (QED) is 0.907. The van der Waals surface area contributed by atoms with Crippen molar-refractivity contribution in [3.63, 3.8) is 0 Å². The Hall–Kier alpha value is -1.59. The highest BCUT2D eigenvalue weighted by atomic mass is 16.6. The van der Waals surface area contributed by atoms with Gasteiger partial charge in [-0.1, -0.05) is 50.6 Å². The lowest BCUT2D eigenvalue weighted by Gasteiger charge is -2.39. The van der Waals surface area contributed by atoms with Gasteiger partial charge in [0, 0.05) is 19.6 Å². The maximum absolute atomic E-state index is 12.1. The number of aliphatic hydroxyl groups is 1. The number of amides is 1. The molecule has 0 radical (unpaired) electrons. The van der Waals surface area contributed by atoms with Gasteiger partial charge in [-0.2, -0.15) is 0 Å². The molecular weight excluding hydrogens is 280 g/mol. The first-order valence-corrected chi connectivity index (χ1v) is 7.98. The predicted molar refractivity (Wildman–Crippen MR) is 85.2 cm³/mol. The van der Waals surface area contributed by atoms with E-state index in [2.05, 4.69) is 13.8 Å². The highest BCUT2D eigenvalue weighted by Gasteiger charge is 2.29. The van der Waals surface area contributed by atoms with E-state index in [1.165, 1.54) is 0 Å². The third-order valence-electron chi connectivity index (χ3n) is 4.17. The topological polar surface area (TPSA) is 53.0 Å². The van der Waals surface area contributed by atoms with Crippen molar-refractivity contribution in [1.29, 1.82) is 0 Å². The molecule has 2 atom stereocenters. The molecule has 1 amide bonds. The molecule has 5 nitrogen and oxygen atoms in total. The molecule has 22 heavy (non-hydrogen) atoms. The van der Waals surface area contributed by atoms with Gasteiger partial charge in [0.05, 0.1) is 6.54 Å². The molecule has 5 heteroatoms. The summed E-state index contributed by atoms with van der Waals surface area (Å²) in [6.07, 6.45) is 0.129. The van der Waals surface area contributed by atoms with Crippen LogP contribution in [0.15, 0.2) is 30.3 Å². The average Bonchev–Trinajstić information content (AvgIpc) is 2.55. The Morgan fingerprint density at radius 2 is 2.09 bits per heavy atom. The van der Waals surface area contributed by atoms with Crippen molar-refractivity contribution in [1.82, 2.24) is 9.80 Å². The fraction of sp³-hybridized carbons (Fsp3) is 0.588. The lowest BCUT2D eigenvalue weighted by Crippen LogP contribution is -2.55. The van der Waals surface area contributed by atoms with Gasteiger partial charge in [-0.05, 0) is 11.5 Å². The minimum absolute atomic E-state index is 0.267. The molecule has 1 heterocycles. The van der Waals surface area contributed by atoms with E-state index < -0.39 is 6.23 Å². The molecule has 122 valence electrons. The van der Waals surface area contributed by atoms with E-state index in [0.29, 0.717) is 25.6 Å². The number of piperazine rings is 1. The first kappa shape index (κ1) is 16.8. The summed E-state index contributed by atoms with van der Waals surface area (Å²) in [7, 11) is 0. The summed E-state index contributed by atoms with van der Waals surface area (Å²) < 4.78 is 5.31. The number of hydrogen-bond donors (Lipinski definition) is 1. The van der Waals surface area contributed by atoms with Crippen LogP contribution in [0.2, 0.25) is 0 Å². The molecule has 0 aromatic heterocycles. The number of aliphatic hydroxyl groups excluding tert-OH is 1. The Kier molecular flexibility index (Phi) is 6.21. The van der Waals surface area contributed by atoms with Crippen LogP contribution in [0.5, 0.6) is 0 Å². The van der Waals surface area contributed by atoms with E-state index in [9.17, 15) is 9.90 Å². The van der Waals surface area contributed by atoms with Crippen LogP contribution < -0.4 is 0 Å². The number of β-amino-alcohol motifs (C(OH)–C–C–N with tert-alkyl or cyclic N) is 1. The largest absolute Gasteiger partial charge is 0.445 e. The van der Waals surface area contributed by atoms with Crippen LogP contribution in [0, 0.1) is 5.92 Å². The number of carbonyl (C=O) groups excluding carboxylic acids is 1. The van der Waals surface area contributed by atoms with Gasteiger partial charge in [-0.3, -0.25) is 4.90 Å². The fourth-order valence-corrected chi connectivity index (χ4v) is 2.52. The zero-order valence-corrected chi connectivity index (χ0v) is 13.4. The second kappa shape index (κ2) is 8.15. The minimum Gasteiger partial charge on any atom is -0.445 e. The summed E-state index contributed by atoms with van der Waals surface area (Å²) in [5.74, 6) is 0.547. The second-order valence-electron chi connectivity index (χ2n) is 5.98. The van der Waals surface area contributed by atoms with Crippen LogP contribution in [0.1, 0.15) is 25.8 Å². The van der Waals surface area contributed by atoms with Crippen molar-refractivity contribution in [3.8, 4) is 0 Å². The molecule has 1 N–H and O–H groups in total. The molecule has 2 rings (SSSR count). The normalized spacial score (nSPS) is 20.7. The molecule has 1 saturated heterocycles. The summed E-state index contributed by atoms with van der Waals surface area (Å²) in [6, 6.07) is 9.61. The van der Waals surface area contributed by atoms with Gasteiger partial charge in [0.2, 0.25) is 0 Å². The SMILES string of the molecule is CCC(C)CN1CCN(C(=O)OCc2ccccc2)CC1O. The number of hydrogen-bond acceptors (Lipinski definition) is 4. The zero-order valence-electron chi connectivity index (χ0n) is 13.4. The Morgan fingerprint density at radius 3 is 2.73 bits per heavy atom. The average molecular weight is 306 g/mol. The molecule has 0 bridgehead atoms. The Labute approximate surface area is 132 Å². The molecule has 2 unspecified atom stereocenters. The third kappa shape index (κ3) is 4.71. The van der Waals surface area contributed by atoms with Crippen molar-refractivity contribution in [2.45, 2.75) is 33.1 Å². The van der Waals surface area contributed by atoms with E-state index in [1.807, 2.05) is 35.2 Å². The van der Waals surface area contributed by atoms with Gasteiger partial charge in [0.25, 0.3) is 0 Å². The van der Waals surface area contributed by atoms with E-state index in [0.717, 1.165) is 18.5 Å². The third-order valence-corrected chi connectivity index (χ3v) is 4.17. The monoisotopic (exact) mass is 306 g/mol. The van der Waals surface area contributed by atoms with Gasteiger partial charge >= 0.3 is 6.09 Å². The summed E-state index contributed by atoms with van der Waals surface area (Å²) in [5.41, 5.74) is 0.965. The molecule has 1 aromatic carbocycles. The van der Waals surface area contributed by atoms with Crippen LogP contribution in [0.4, 0.5) is 4.79 Å². The van der Waals surface area contributed by atoms with Crippen molar-refractivity contribution in [2.75, 3.05) is 26.2 Å². The van der Waals surface area contributed by atoms with Crippen molar-refractivity contribution < 1.29 is 14.6 Å². The first-order chi connectivity index (χ1) is 10.6. The highest BCUT2D eigenvalue weighted by Crippen LogP contribution is 2.13. The number of nitrogens with zero attached hydrogens (tertiary/aromatic N) is 2. The van der Waals surface area contributed by atoms with Crippen LogP contribution >= 0.6 is 0 Å². The van der Waals surface area contributed by atoms with Gasteiger partial charge in [-0.25, -0.2) is 4.79 Å².